The maximum absolute atomic E-state index is 13.7. The van der Waals surface area contributed by atoms with E-state index in [0.717, 1.165) is 11.1 Å². The zero-order valence-electron chi connectivity index (χ0n) is 21.4. The highest BCUT2D eigenvalue weighted by Crippen LogP contribution is 2.39. The number of allylic oxidation sites excluding steroid dienone is 5. The summed E-state index contributed by atoms with van der Waals surface area (Å²) in [7, 11) is 0. The highest BCUT2D eigenvalue weighted by molar-refractivity contribution is 6.04. The molecule has 7 heteroatoms. The van der Waals surface area contributed by atoms with Crippen LogP contribution in [0.4, 0.5) is 10.5 Å². The number of ether oxygens (including phenoxy) is 1. The Hall–Kier alpha value is -4.13. The van der Waals surface area contributed by atoms with E-state index in [1.807, 2.05) is 62.4 Å². The van der Waals surface area contributed by atoms with Gasteiger partial charge in [0.25, 0.3) is 5.91 Å². The number of fused-ring (bicyclic) bond motifs is 1. The number of nitrogens with one attached hydrogen (secondary N) is 2. The number of nitrogens with zero attached hydrogens (tertiary/aromatic N) is 1. The van der Waals surface area contributed by atoms with Gasteiger partial charge in [0.1, 0.15) is 11.4 Å². The number of rotatable bonds is 6. The number of urea groups is 1. The summed E-state index contributed by atoms with van der Waals surface area (Å²) in [5.41, 5.74) is 2.39. The van der Waals surface area contributed by atoms with Crippen LogP contribution in [0.3, 0.4) is 0 Å². The van der Waals surface area contributed by atoms with Crippen LogP contribution in [0.2, 0.25) is 0 Å². The Labute approximate surface area is 217 Å². The molecule has 0 aromatic heterocycles. The minimum absolute atomic E-state index is 0.0761. The summed E-state index contributed by atoms with van der Waals surface area (Å²) >= 11 is 0. The Kier molecular flexibility index (Phi) is 7.92. The van der Waals surface area contributed by atoms with Gasteiger partial charge in [-0.15, -0.1) is 0 Å². The second kappa shape index (κ2) is 11.3. The quantitative estimate of drug-likeness (QED) is 0.506. The van der Waals surface area contributed by atoms with E-state index in [-0.39, 0.29) is 17.7 Å². The lowest BCUT2D eigenvalue weighted by Gasteiger charge is -2.44. The van der Waals surface area contributed by atoms with Crippen molar-refractivity contribution in [1.82, 2.24) is 10.2 Å². The second-order valence-electron chi connectivity index (χ2n) is 9.33. The summed E-state index contributed by atoms with van der Waals surface area (Å²) in [6.45, 7) is 9.24. The maximum Gasteiger partial charge on any atom is 0.319 e. The van der Waals surface area contributed by atoms with Gasteiger partial charge in [0.15, 0.2) is 5.78 Å². The van der Waals surface area contributed by atoms with Crippen molar-refractivity contribution in [1.29, 1.82) is 0 Å². The van der Waals surface area contributed by atoms with E-state index < -0.39 is 5.60 Å². The number of likely N-dealkylation sites (tertiary alicyclic amines) is 1. The molecule has 2 aliphatic heterocycles. The average molecular weight is 500 g/mol. The highest BCUT2D eigenvalue weighted by atomic mass is 16.5. The van der Waals surface area contributed by atoms with Crippen molar-refractivity contribution in [2.45, 2.75) is 38.7 Å². The molecule has 0 unspecified atom stereocenters. The van der Waals surface area contributed by atoms with Crippen LogP contribution in [0.1, 0.15) is 59.4 Å². The third-order valence-corrected chi connectivity index (χ3v) is 6.77. The Morgan fingerprint density at radius 2 is 1.89 bits per heavy atom. The summed E-state index contributed by atoms with van der Waals surface area (Å²) in [5, 5.41) is 5.50. The van der Waals surface area contributed by atoms with Crippen LogP contribution >= 0.6 is 0 Å². The highest BCUT2D eigenvalue weighted by Gasteiger charge is 2.43. The lowest BCUT2D eigenvalue weighted by Crippen LogP contribution is -2.52. The predicted octanol–water partition coefficient (Wildman–Crippen LogP) is 5.61. The molecule has 3 amide bonds. The Morgan fingerprint density at radius 3 is 2.62 bits per heavy atom. The van der Waals surface area contributed by atoms with E-state index in [1.54, 1.807) is 23.1 Å². The number of carbonyl (C=O) groups is 3. The maximum atomic E-state index is 13.7. The SMILES string of the molecule is C=C(/C=C\C=C/C)c1ccc(NC(=O)NCC)c(C(=O)N2CCC3(CC2)CC(=O)c2ccccc2O3)c1. The molecular formula is C30H33N3O4. The van der Waals surface area contributed by atoms with Crippen LogP contribution in [0.5, 0.6) is 5.75 Å². The Morgan fingerprint density at radius 1 is 1.14 bits per heavy atom. The van der Waals surface area contributed by atoms with Crippen molar-refractivity contribution in [2.24, 2.45) is 0 Å². The minimum Gasteiger partial charge on any atom is -0.486 e. The number of amides is 3. The molecule has 0 aliphatic carbocycles. The number of ketones is 1. The first-order valence-corrected chi connectivity index (χ1v) is 12.6. The first-order chi connectivity index (χ1) is 17.9. The molecule has 2 N–H and O–H groups in total. The van der Waals surface area contributed by atoms with Gasteiger partial charge in [-0.1, -0.05) is 49.1 Å². The number of Topliss-reactive ketones (excluding diaryl/α,β-unsaturated/α-hetero) is 1. The topological polar surface area (TPSA) is 87.7 Å². The number of piperidine rings is 1. The molecule has 4 rings (SSSR count). The molecule has 2 heterocycles. The predicted molar refractivity (Wildman–Crippen MR) is 146 cm³/mol. The van der Waals surface area contributed by atoms with E-state index in [4.69, 9.17) is 4.74 Å². The Balaban J connectivity index is 1.55. The van der Waals surface area contributed by atoms with E-state index in [9.17, 15) is 14.4 Å². The van der Waals surface area contributed by atoms with E-state index in [0.29, 0.717) is 61.5 Å². The number of hydrogen-bond donors (Lipinski definition) is 2. The normalized spacial score (nSPS) is 16.5. The van der Waals surface area contributed by atoms with Crippen molar-refractivity contribution in [3.8, 4) is 5.75 Å². The van der Waals surface area contributed by atoms with Gasteiger partial charge in [-0.3, -0.25) is 9.59 Å². The van der Waals surface area contributed by atoms with Crippen molar-refractivity contribution < 1.29 is 19.1 Å². The zero-order chi connectivity index (χ0) is 26.4. The lowest BCUT2D eigenvalue weighted by atomic mass is 9.82. The van der Waals surface area contributed by atoms with E-state index >= 15 is 0 Å². The van der Waals surface area contributed by atoms with Gasteiger partial charge < -0.3 is 20.3 Å². The third kappa shape index (κ3) is 5.82. The fourth-order valence-electron chi connectivity index (χ4n) is 4.75. The third-order valence-electron chi connectivity index (χ3n) is 6.77. The molecule has 1 saturated heterocycles. The fraction of sp³-hybridized carbons (Fsp3) is 0.300. The smallest absolute Gasteiger partial charge is 0.319 e. The van der Waals surface area contributed by atoms with Crippen molar-refractivity contribution in [2.75, 3.05) is 25.0 Å². The molecule has 2 aromatic carbocycles. The van der Waals surface area contributed by atoms with Gasteiger partial charge in [0, 0.05) is 32.5 Å². The molecule has 0 saturated carbocycles. The summed E-state index contributed by atoms with van der Waals surface area (Å²) < 4.78 is 6.32. The number of anilines is 1. The van der Waals surface area contributed by atoms with Crippen LogP contribution in [0, 0.1) is 0 Å². The molecule has 192 valence electrons. The molecule has 1 fully saturated rings. The fourth-order valence-corrected chi connectivity index (χ4v) is 4.75. The van der Waals surface area contributed by atoms with Gasteiger partial charge >= 0.3 is 6.03 Å². The Bertz CT molecular complexity index is 1270. The van der Waals surface area contributed by atoms with Crippen LogP contribution in [-0.4, -0.2) is 47.9 Å². The van der Waals surface area contributed by atoms with Gasteiger partial charge in [0.05, 0.1) is 23.2 Å². The molecule has 0 bridgehead atoms. The molecule has 0 atom stereocenters. The number of benzene rings is 2. The van der Waals surface area contributed by atoms with Crippen molar-refractivity contribution >= 4 is 29.0 Å². The summed E-state index contributed by atoms with van der Waals surface area (Å²) in [6, 6.07) is 12.3. The summed E-state index contributed by atoms with van der Waals surface area (Å²) in [6.07, 6.45) is 9.00. The number of para-hydroxylation sites is 1. The first kappa shape index (κ1) is 25.9. The van der Waals surface area contributed by atoms with Crippen LogP contribution in [0.25, 0.3) is 5.57 Å². The number of hydrogen-bond acceptors (Lipinski definition) is 4. The standard InChI is InChI=1S/C30H33N3O4/c1-4-6-7-10-21(3)22-13-14-25(32-29(36)31-5-2)24(19-22)28(35)33-17-15-30(16-18-33)20-26(34)23-11-8-9-12-27(23)37-30/h4,6-14,19H,3,5,15-18,20H2,1-2H3,(H2,31,32,36)/b6-4-,10-7-. The first-order valence-electron chi connectivity index (χ1n) is 12.6. The number of carbonyl (C=O) groups excluding carboxylic acids is 3. The molecule has 7 nitrogen and oxygen atoms in total. The summed E-state index contributed by atoms with van der Waals surface area (Å²) in [5.74, 6) is 0.507. The average Bonchev–Trinajstić information content (AvgIpc) is 2.89. The van der Waals surface area contributed by atoms with Gasteiger partial charge in [0.2, 0.25) is 0 Å². The van der Waals surface area contributed by atoms with Crippen molar-refractivity contribution in [3.05, 3.63) is 90.0 Å². The van der Waals surface area contributed by atoms with E-state index in [2.05, 4.69) is 17.2 Å². The van der Waals surface area contributed by atoms with Crippen molar-refractivity contribution in [3.63, 3.8) is 0 Å². The largest absolute Gasteiger partial charge is 0.486 e. The van der Waals surface area contributed by atoms with Gasteiger partial charge in [-0.2, -0.15) is 0 Å². The molecule has 37 heavy (non-hydrogen) atoms. The lowest BCUT2D eigenvalue weighted by molar-refractivity contribution is -0.00568. The van der Waals surface area contributed by atoms with Gasteiger partial charge in [-0.05, 0) is 49.2 Å². The molecule has 0 radical (unpaired) electrons. The second-order valence-corrected chi connectivity index (χ2v) is 9.33. The van der Waals surface area contributed by atoms with E-state index in [1.165, 1.54) is 0 Å². The van der Waals surface area contributed by atoms with Crippen LogP contribution in [-0.2, 0) is 0 Å². The molecule has 1 spiro atoms. The zero-order valence-corrected chi connectivity index (χ0v) is 21.4. The minimum atomic E-state index is -0.599. The molecule has 2 aromatic rings. The molecule has 2 aliphatic rings. The van der Waals surface area contributed by atoms with Crippen LogP contribution in [0.15, 0.2) is 73.3 Å². The van der Waals surface area contributed by atoms with Crippen LogP contribution < -0.4 is 15.4 Å². The van der Waals surface area contributed by atoms with Gasteiger partial charge in [-0.25, -0.2) is 4.79 Å². The summed E-state index contributed by atoms with van der Waals surface area (Å²) in [4.78, 5) is 40.5. The molecular weight excluding hydrogens is 466 g/mol. The monoisotopic (exact) mass is 499 g/mol.